The van der Waals surface area contributed by atoms with Crippen molar-refractivity contribution in [3.8, 4) is 0 Å². The molecule has 0 bridgehead atoms. The molecule has 11 heteroatoms. The molecule has 1 aliphatic rings. The van der Waals surface area contributed by atoms with Crippen LogP contribution in [-0.4, -0.2) is 56.9 Å². The maximum atomic E-state index is 12.7. The van der Waals surface area contributed by atoms with Crippen LogP contribution in [0.15, 0.2) is 48.7 Å². The average Bonchev–Trinajstić information content (AvgIpc) is 3.09. The maximum Gasteiger partial charge on any atom is 0.229 e. The number of nitrogens with zero attached hydrogens (tertiary/aromatic N) is 5. The third-order valence-corrected chi connectivity index (χ3v) is 8.55. The van der Waals surface area contributed by atoms with Crippen LogP contribution in [0.2, 0.25) is 5.02 Å². The lowest BCUT2D eigenvalue weighted by Gasteiger charge is -2.46. The number of anilines is 5. The van der Waals surface area contributed by atoms with Gasteiger partial charge in [0.2, 0.25) is 5.95 Å². The fourth-order valence-corrected chi connectivity index (χ4v) is 5.85. The van der Waals surface area contributed by atoms with Gasteiger partial charge in [-0.3, -0.25) is 4.68 Å². The Labute approximate surface area is 221 Å². The minimum Gasteiger partial charge on any atom is -0.390 e. The molecular weight excluding hydrogens is 509 g/mol. The Kier molecular flexibility index (Phi) is 6.42. The Hall–Kier alpha value is -3.13. The van der Waals surface area contributed by atoms with Gasteiger partial charge in [0.25, 0.3) is 0 Å². The zero-order valence-corrected chi connectivity index (χ0v) is 23.2. The van der Waals surface area contributed by atoms with Crippen LogP contribution in [0.5, 0.6) is 0 Å². The number of aromatic nitrogens is 4. The molecule has 9 nitrogen and oxygen atoms in total. The molecule has 5 rings (SSSR count). The third-order valence-electron chi connectivity index (χ3n) is 6.72. The highest BCUT2D eigenvalue weighted by Gasteiger charge is 2.39. The Morgan fingerprint density at radius 1 is 1.14 bits per heavy atom. The lowest BCUT2D eigenvalue weighted by atomic mass is 9.84. The van der Waals surface area contributed by atoms with Crippen LogP contribution in [0.3, 0.4) is 0 Å². The number of benzene rings is 2. The normalized spacial score (nSPS) is 14.6. The topological polar surface area (TPSA) is 108 Å². The number of aryl methyl sites for hydroxylation is 1. The largest absolute Gasteiger partial charge is 0.390 e. The van der Waals surface area contributed by atoms with E-state index in [1.165, 1.54) is 6.20 Å². The first-order valence-electron chi connectivity index (χ1n) is 12.1. The van der Waals surface area contributed by atoms with E-state index in [0.29, 0.717) is 22.5 Å². The second-order valence-corrected chi connectivity index (χ2v) is 14.0. The smallest absolute Gasteiger partial charge is 0.229 e. The SMILES string of the molecule is Cn1nc2cc(Nc3ncc(Cl)c(Nc4ccccc4P(C)(C)=O)n3)ccc2c1N1CC(C(C)(C)O)C1. The van der Waals surface area contributed by atoms with E-state index in [-0.39, 0.29) is 5.92 Å². The molecule has 4 aromatic rings. The van der Waals surface area contributed by atoms with Crippen molar-refractivity contribution in [2.45, 2.75) is 19.4 Å². The Bertz CT molecular complexity index is 1520. The van der Waals surface area contributed by atoms with E-state index in [1.54, 1.807) is 13.3 Å². The highest BCUT2D eigenvalue weighted by Crippen LogP contribution is 2.39. The number of fused-ring (bicyclic) bond motifs is 1. The van der Waals surface area contributed by atoms with Crippen LogP contribution < -0.4 is 20.8 Å². The van der Waals surface area contributed by atoms with Gasteiger partial charge in [-0.1, -0.05) is 23.7 Å². The number of nitrogens with one attached hydrogen (secondary N) is 2. The van der Waals surface area contributed by atoms with Gasteiger partial charge in [0, 0.05) is 42.4 Å². The summed E-state index contributed by atoms with van der Waals surface area (Å²) in [5.74, 6) is 2.06. The predicted molar refractivity (Wildman–Crippen MR) is 152 cm³/mol. The quantitative estimate of drug-likeness (QED) is 0.283. The minimum atomic E-state index is -2.51. The monoisotopic (exact) mass is 539 g/mol. The summed E-state index contributed by atoms with van der Waals surface area (Å²) in [5, 5.41) is 23.6. The fraction of sp³-hybridized carbons (Fsp3) is 0.346. The first-order valence-corrected chi connectivity index (χ1v) is 15.0. The van der Waals surface area contributed by atoms with Crippen LogP contribution in [0.1, 0.15) is 13.8 Å². The number of aliphatic hydroxyl groups is 1. The van der Waals surface area contributed by atoms with Crippen molar-refractivity contribution in [3.63, 3.8) is 0 Å². The van der Waals surface area contributed by atoms with Crippen LogP contribution in [0.25, 0.3) is 10.9 Å². The first-order chi connectivity index (χ1) is 17.4. The highest BCUT2D eigenvalue weighted by molar-refractivity contribution is 7.70. The predicted octanol–water partition coefficient (Wildman–Crippen LogP) is 4.96. The van der Waals surface area contributed by atoms with E-state index in [0.717, 1.165) is 40.8 Å². The Morgan fingerprint density at radius 3 is 2.57 bits per heavy atom. The minimum absolute atomic E-state index is 0.233. The number of rotatable bonds is 7. The van der Waals surface area contributed by atoms with Crippen LogP contribution in [-0.2, 0) is 11.6 Å². The number of hydrogen-bond acceptors (Lipinski definition) is 8. The van der Waals surface area contributed by atoms with Crippen molar-refractivity contribution in [1.29, 1.82) is 0 Å². The van der Waals surface area contributed by atoms with Crippen LogP contribution in [0.4, 0.5) is 29.0 Å². The van der Waals surface area contributed by atoms with Gasteiger partial charge in [-0.2, -0.15) is 10.1 Å². The van der Waals surface area contributed by atoms with E-state index >= 15 is 0 Å². The van der Waals surface area contributed by atoms with Crippen molar-refractivity contribution in [2.24, 2.45) is 13.0 Å². The fourth-order valence-electron chi connectivity index (χ4n) is 4.56. The molecule has 2 aromatic carbocycles. The third kappa shape index (κ3) is 5.17. The molecule has 0 spiro atoms. The molecule has 0 radical (unpaired) electrons. The van der Waals surface area contributed by atoms with Gasteiger partial charge in [-0.15, -0.1) is 0 Å². The molecular formula is C26H31ClN7O2P. The van der Waals surface area contributed by atoms with Crippen molar-refractivity contribution < 1.29 is 9.67 Å². The van der Waals surface area contributed by atoms with Gasteiger partial charge >= 0.3 is 0 Å². The van der Waals surface area contributed by atoms with Gasteiger partial charge in [0.1, 0.15) is 18.0 Å². The van der Waals surface area contributed by atoms with Crippen molar-refractivity contribution in [1.82, 2.24) is 19.7 Å². The van der Waals surface area contributed by atoms with Gasteiger partial charge in [0.05, 0.1) is 23.0 Å². The summed E-state index contributed by atoms with van der Waals surface area (Å²) < 4.78 is 14.6. The molecule has 0 saturated carbocycles. The zero-order chi connectivity index (χ0) is 26.5. The summed E-state index contributed by atoms with van der Waals surface area (Å²) in [5.41, 5.74) is 1.64. The molecule has 1 fully saturated rings. The molecule has 37 heavy (non-hydrogen) atoms. The van der Waals surface area contributed by atoms with E-state index in [1.807, 2.05) is 68.0 Å². The lowest BCUT2D eigenvalue weighted by molar-refractivity contribution is 0.00426. The molecule has 194 valence electrons. The average molecular weight is 540 g/mol. The molecule has 3 N–H and O–H groups in total. The molecule has 0 unspecified atom stereocenters. The van der Waals surface area contributed by atoms with Crippen molar-refractivity contribution in [2.75, 3.05) is 42.0 Å². The summed E-state index contributed by atoms with van der Waals surface area (Å²) >= 11 is 6.38. The molecule has 2 aromatic heterocycles. The highest BCUT2D eigenvalue weighted by atomic mass is 35.5. The zero-order valence-electron chi connectivity index (χ0n) is 21.5. The molecule has 0 amide bonds. The first kappa shape index (κ1) is 25.5. The summed E-state index contributed by atoms with van der Waals surface area (Å²) in [7, 11) is -0.573. The summed E-state index contributed by atoms with van der Waals surface area (Å²) in [6.07, 6.45) is 1.53. The standard InChI is InChI=1S/C26H31ClN7O2P/c1-26(2,35)16-14-34(15-16)24-18-11-10-17(12-21(18)32-33(24)3)29-25-28-13-19(27)23(31-25)30-20-8-6-7-9-22(20)37(4,5)36/h6-13,16,35H,14-15H2,1-5H3,(H2,28,29,30,31). The second-order valence-electron chi connectivity index (χ2n) is 10.4. The van der Waals surface area contributed by atoms with Gasteiger partial charge in [0.15, 0.2) is 5.82 Å². The summed E-state index contributed by atoms with van der Waals surface area (Å²) in [6, 6.07) is 13.4. The molecule has 1 saturated heterocycles. The second kappa shape index (κ2) is 9.31. The molecule has 0 atom stereocenters. The molecule has 3 heterocycles. The van der Waals surface area contributed by atoms with E-state index in [4.69, 9.17) is 16.7 Å². The summed E-state index contributed by atoms with van der Waals surface area (Å²) in [4.78, 5) is 11.1. The lowest BCUT2D eigenvalue weighted by Crippen LogP contribution is -2.56. The van der Waals surface area contributed by atoms with E-state index in [2.05, 4.69) is 25.5 Å². The van der Waals surface area contributed by atoms with Gasteiger partial charge < -0.3 is 25.2 Å². The number of para-hydroxylation sites is 1. The number of hydrogen-bond donors (Lipinski definition) is 3. The van der Waals surface area contributed by atoms with Crippen molar-refractivity contribution in [3.05, 3.63) is 53.7 Å². The van der Waals surface area contributed by atoms with E-state index in [9.17, 15) is 9.67 Å². The molecule has 1 aliphatic heterocycles. The number of halogens is 1. The Balaban J connectivity index is 1.37. The van der Waals surface area contributed by atoms with Crippen LogP contribution >= 0.6 is 18.7 Å². The van der Waals surface area contributed by atoms with Gasteiger partial charge in [-0.05, 0) is 57.5 Å². The van der Waals surface area contributed by atoms with Crippen molar-refractivity contribution >= 4 is 63.9 Å². The molecule has 0 aliphatic carbocycles. The van der Waals surface area contributed by atoms with Gasteiger partial charge in [-0.25, -0.2) is 4.98 Å². The summed E-state index contributed by atoms with van der Waals surface area (Å²) in [6.45, 7) is 8.77. The van der Waals surface area contributed by atoms with Crippen LogP contribution in [0, 0.1) is 5.92 Å². The maximum absolute atomic E-state index is 12.7. The van der Waals surface area contributed by atoms with E-state index < -0.39 is 12.7 Å². The Morgan fingerprint density at radius 2 is 1.86 bits per heavy atom.